The van der Waals surface area contributed by atoms with Crippen LogP contribution in [-0.4, -0.2) is 12.1 Å². The van der Waals surface area contributed by atoms with E-state index in [1.807, 2.05) is 0 Å². The molecule has 0 aliphatic carbocycles. The van der Waals surface area contributed by atoms with Crippen molar-refractivity contribution in [3.05, 3.63) is 29.8 Å². The summed E-state index contributed by atoms with van der Waals surface area (Å²) in [7, 11) is 0. The summed E-state index contributed by atoms with van der Waals surface area (Å²) in [5, 5.41) is 3.61. The summed E-state index contributed by atoms with van der Waals surface area (Å²) in [6, 6.07) is 6.64. The van der Waals surface area contributed by atoms with Gasteiger partial charge in [-0.15, -0.1) is 0 Å². The Morgan fingerprint density at radius 1 is 1.46 bits per heavy atom. The normalized spacial score (nSPS) is 10.2. The first-order chi connectivity index (χ1) is 6.24. The topological polar surface area (TPSA) is 67.5 Å². The molecule has 0 aliphatic rings. The van der Waals surface area contributed by atoms with E-state index in [1.165, 1.54) is 6.21 Å². The number of benzene rings is 1. The third-order valence-electron chi connectivity index (χ3n) is 1.47. The van der Waals surface area contributed by atoms with Crippen LogP contribution in [0.5, 0.6) is 0 Å². The van der Waals surface area contributed by atoms with Crippen molar-refractivity contribution in [2.24, 2.45) is 5.10 Å². The van der Waals surface area contributed by atoms with Gasteiger partial charge < -0.3 is 5.73 Å². The summed E-state index contributed by atoms with van der Waals surface area (Å²) in [5.41, 5.74) is 9.00. The lowest BCUT2D eigenvalue weighted by atomic mass is 10.2. The Balaban J connectivity index is 2.72. The molecular weight excluding hydrogens is 166 g/mol. The van der Waals surface area contributed by atoms with Gasteiger partial charge in [0, 0.05) is 17.5 Å². The van der Waals surface area contributed by atoms with E-state index in [1.54, 1.807) is 31.2 Å². The SMILES string of the molecule is C/C=N/NC(=O)c1ccc(N)cc1. The average Bonchev–Trinajstić information content (AvgIpc) is 2.15. The fraction of sp³-hybridized carbons (Fsp3) is 0.111. The second-order valence-electron chi connectivity index (χ2n) is 2.45. The lowest BCUT2D eigenvalue weighted by Gasteiger charge is -1.99. The van der Waals surface area contributed by atoms with Gasteiger partial charge in [-0.1, -0.05) is 0 Å². The van der Waals surface area contributed by atoms with Gasteiger partial charge in [-0.2, -0.15) is 5.10 Å². The third kappa shape index (κ3) is 2.59. The zero-order chi connectivity index (χ0) is 9.68. The molecular formula is C9H11N3O. The second kappa shape index (κ2) is 4.25. The summed E-state index contributed by atoms with van der Waals surface area (Å²) in [5.74, 6) is -0.238. The summed E-state index contributed by atoms with van der Waals surface area (Å²) in [6.07, 6.45) is 1.51. The molecule has 4 heteroatoms. The van der Waals surface area contributed by atoms with Crippen LogP contribution in [0.4, 0.5) is 5.69 Å². The lowest BCUT2D eigenvalue weighted by molar-refractivity contribution is 0.0955. The molecule has 0 heterocycles. The maximum Gasteiger partial charge on any atom is 0.271 e. The van der Waals surface area contributed by atoms with Crippen LogP contribution in [0, 0.1) is 0 Å². The molecule has 4 nitrogen and oxygen atoms in total. The van der Waals surface area contributed by atoms with Crippen LogP contribution in [0.2, 0.25) is 0 Å². The van der Waals surface area contributed by atoms with Crippen molar-refractivity contribution in [1.82, 2.24) is 5.43 Å². The highest BCUT2D eigenvalue weighted by Crippen LogP contribution is 2.04. The van der Waals surface area contributed by atoms with E-state index in [4.69, 9.17) is 5.73 Å². The van der Waals surface area contributed by atoms with Gasteiger partial charge in [0.25, 0.3) is 5.91 Å². The van der Waals surface area contributed by atoms with Gasteiger partial charge in [-0.25, -0.2) is 5.43 Å². The highest BCUT2D eigenvalue weighted by molar-refractivity contribution is 5.94. The second-order valence-corrected chi connectivity index (χ2v) is 2.45. The number of carbonyl (C=O) groups is 1. The Morgan fingerprint density at radius 3 is 2.62 bits per heavy atom. The number of nitrogens with one attached hydrogen (secondary N) is 1. The molecule has 0 aliphatic heterocycles. The van der Waals surface area contributed by atoms with Crippen LogP contribution in [-0.2, 0) is 0 Å². The van der Waals surface area contributed by atoms with Crippen molar-refractivity contribution in [2.45, 2.75) is 6.92 Å². The smallest absolute Gasteiger partial charge is 0.271 e. The molecule has 3 N–H and O–H groups in total. The predicted molar refractivity (Wildman–Crippen MR) is 52.5 cm³/mol. The van der Waals surface area contributed by atoms with Crippen LogP contribution < -0.4 is 11.2 Å². The Hall–Kier alpha value is -1.84. The van der Waals surface area contributed by atoms with Crippen molar-refractivity contribution >= 4 is 17.8 Å². The Kier molecular flexibility index (Phi) is 3.03. The summed E-state index contributed by atoms with van der Waals surface area (Å²) in [6.45, 7) is 1.73. The summed E-state index contributed by atoms with van der Waals surface area (Å²) >= 11 is 0. The first-order valence-electron chi connectivity index (χ1n) is 3.87. The fourth-order valence-corrected chi connectivity index (χ4v) is 0.822. The molecule has 1 amide bonds. The quantitative estimate of drug-likeness (QED) is 0.402. The number of nitrogen functional groups attached to an aromatic ring is 1. The molecule has 0 spiro atoms. The Labute approximate surface area is 76.4 Å². The zero-order valence-corrected chi connectivity index (χ0v) is 7.32. The van der Waals surface area contributed by atoms with E-state index in [9.17, 15) is 4.79 Å². The van der Waals surface area contributed by atoms with Crippen LogP contribution in [0.1, 0.15) is 17.3 Å². The first kappa shape index (κ1) is 9.25. The van der Waals surface area contributed by atoms with Crippen molar-refractivity contribution in [3.63, 3.8) is 0 Å². The molecule has 0 fully saturated rings. The van der Waals surface area contributed by atoms with Gasteiger partial charge in [0.1, 0.15) is 0 Å². The predicted octanol–water partition coefficient (Wildman–Crippen LogP) is 1.00. The molecule has 0 bridgehead atoms. The van der Waals surface area contributed by atoms with Crippen molar-refractivity contribution in [2.75, 3.05) is 5.73 Å². The molecule has 0 aromatic heterocycles. The third-order valence-corrected chi connectivity index (χ3v) is 1.47. The minimum atomic E-state index is -0.238. The van der Waals surface area contributed by atoms with Crippen molar-refractivity contribution < 1.29 is 4.79 Å². The average molecular weight is 177 g/mol. The van der Waals surface area contributed by atoms with Gasteiger partial charge in [0.2, 0.25) is 0 Å². The van der Waals surface area contributed by atoms with E-state index in [-0.39, 0.29) is 5.91 Å². The summed E-state index contributed by atoms with van der Waals surface area (Å²) in [4.78, 5) is 11.2. The number of hydrogen-bond acceptors (Lipinski definition) is 3. The molecule has 1 aromatic carbocycles. The maximum absolute atomic E-state index is 11.2. The number of rotatable bonds is 2. The lowest BCUT2D eigenvalue weighted by Crippen LogP contribution is -2.17. The molecule has 0 radical (unpaired) electrons. The van der Waals surface area contributed by atoms with E-state index < -0.39 is 0 Å². The van der Waals surface area contributed by atoms with E-state index >= 15 is 0 Å². The fourth-order valence-electron chi connectivity index (χ4n) is 0.822. The van der Waals surface area contributed by atoms with Gasteiger partial charge in [-0.3, -0.25) is 4.79 Å². The minimum absolute atomic E-state index is 0.238. The number of hydrogen-bond donors (Lipinski definition) is 2. The molecule has 68 valence electrons. The number of carbonyl (C=O) groups excluding carboxylic acids is 1. The van der Waals surface area contributed by atoms with Crippen LogP contribution in [0.15, 0.2) is 29.4 Å². The van der Waals surface area contributed by atoms with E-state index in [2.05, 4.69) is 10.5 Å². The van der Waals surface area contributed by atoms with E-state index in [0.29, 0.717) is 11.3 Å². The number of nitrogens with zero attached hydrogens (tertiary/aromatic N) is 1. The molecule has 0 unspecified atom stereocenters. The van der Waals surface area contributed by atoms with Crippen molar-refractivity contribution in [3.8, 4) is 0 Å². The van der Waals surface area contributed by atoms with Crippen LogP contribution in [0.25, 0.3) is 0 Å². The molecule has 1 aromatic rings. The standard InChI is InChI=1S/C9H11N3O/c1-2-11-12-9(13)7-3-5-8(10)6-4-7/h2-6H,10H2,1H3,(H,12,13)/b11-2+. The van der Waals surface area contributed by atoms with E-state index in [0.717, 1.165) is 0 Å². The number of nitrogens with two attached hydrogens (primary N) is 1. The molecule has 1 rings (SSSR count). The van der Waals surface area contributed by atoms with Gasteiger partial charge in [-0.05, 0) is 31.2 Å². The first-order valence-corrected chi connectivity index (χ1v) is 3.87. The van der Waals surface area contributed by atoms with Crippen LogP contribution in [0.3, 0.4) is 0 Å². The van der Waals surface area contributed by atoms with Crippen LogP contribution >= 0.6 is 0 Å². The molecule has 0 saturated heterocycles. The number of hydrazone groups is 1. The van der Waals surface area contributed by atoms with Gasteiger partial charge in [0.15, 0.2) is 0 Å². The number of anilines is 1. The largest absolute Gasteiger partial charge is 0.399 e. The maximum atomic E-state index is 11.2. The number of amides is 1. The van der Waals surface area contributed by atoms with Gasteiger partial charge in [0.05, 0.1) is 0 Å². The Bertz CT molecular complexity index is 316. The minimum Gasteiger partial charge on any atom is -0.399 e. The molecule has 0 saturated carbocycles. The highest BCUT2D eigenvalue weighted by Gasteiger charge is 2.01. The molecule has 0 atom stereocenters. The van der Waals surface area contributed by atoms with Gasteiger partial charge >= 0.3 is 0 Å². The summed E-state index contributed by atoms with van der Waals surface area (Å²) < 4.78 is 0. The van der Waals surface area contributed by atoms with Crippen molar-refractivity contribution in [1.29, 1.82) is 0 Å². The zero-order valence-electron chi connectivity index (χ0n) is 7.32. The highest BCUT2D eigenvalue weighted by atomic mass is 16.2. The monoisotopic (exact) mass is 177 g/mol. The molecule has 13 heavy (non-hydrogen) atoms. The Morgan fingerprint density at radius 2 is 2.08 bits per heavy atom.